The van der Waals surface area contributed by atoms with Crippen molar-refractivity contribution in [1.29, 1.82) is 0 Å². The summed E-state index contributed by atoms with van der Waals surface area (Å²) in [6.07, 6.45) is 2.97. The summed E-state index contributed by atoms with van der Waals surface area (Å²) >= 11 is 0. The van der Waals surface area contributed by atoms with Crippen LogP contribution in [0.3, 0.4) is 0 Å². The summed E-state index contributed by atoms with van der Waals surface area (Å²) in [5.41, 5.74) is 7.33. The van der Waals surface area contributed by atoms with Gasteiger partial charge in [-0.15, -0.1) is 0 Å². The highest BCUT2D eigenvalue weighted by atomic mass is 16.5. The maximum absolute atomic E-state index is 12.8. The maximum Gasteiger partial charge on any atom is 0.233 e. The second kappa shape index (κ2) is 5.09. The molecule has 0 spiro atoms. The van der Waals surface area contributed by atoms with Gasteiger partial charge in [-0.1, -0.05) is 12.1 Å². The lowest BCUT2D eigenvalue weighted by Gasteiger charge is -2.23. The number of nitrogens with two attached hydrogens (primary N) is 1. The van der Waals surface area contributed by atoms with Crippen molar-refractivity contribution >= 4 is 11.6 Å². The Labute approximate surface area is 119 Å². The molecule has 1 aliphatic heterocycles. The molecule has 108 valence electrons. The van der Waals surface area contributed by atoms with E-state index >= 15 is 0 Å². The van der Waals surface area contributed by atoms with Crippen LogP contribution in [0, 0.1) is 5.92 Å². The van der Waals surface area contributed by atoms with Crippen molar-refractivity contribution in [3.8, 4) is 0 Å². The van der Waals surface area contributed by atoms with Gasteiger partial charge in [0.2, 0.25) is 5.91 Å². The molecule has 1 saturated heterocycles. The van der Waals surface area contributed by atoms with Crippen LogP contribution in [0.2, 0.25) is 0 Å². The Morgan fingerprint density at radius 2 is 2.10 bits per heavy atom. The number of carbonyl (C=O) groups excluding carboxylic acids is 1. The molecule has 0 bridgehead atoms. The van der Waals surface area contributed by atoms with Gasteiger partial charge in [-0.25, -0.2) is 0 Å². The molecular formula is C16H22N2O2. The first-order chi connectivity index (χ1) is 9.65. The van der Waals surface area contributed by atoms with Crippen molar-refractivity contribution in [3.05, 3.63) is 29.8 Å². The van der Waals surface area contributed by atoms with Crippen LogP contribution in [0.25, 0.3) is 0 Å². The molecule has 1 amide bonds. The molecule has 0 aromatic heterocycles. The van der Waals surface area contributed by atoms with Gasteiger partial charge in [0.05, 0.1) is 12.0 Å². The number of likely N-dealkylation sites (tertiary alicyclic amines) is 1. The summed E-state index contributed by atoms with van der Waals surface area (Å²) in [4.78, 5) is 14.8. The molecule has 1 unspecified atom stereocenters. The van der Waals surface area contributed by atoms with Crippen LogP contribution in [0.1, 0.15) is 24.8 Å². The van der Waals surface area contributed by atoms with Gasteiger partial charge < -0.3 is 15.4 Å². The Morgan fingerprint density at radius 3 is 2.70 bits per heavy atom. The van der Waals surface area contributed by atoms with E-state index in [9.17, 15) is 4.79 Å². The summed E-state index contributed by atoms with van der Waals surface area (Å²) < 4.78 is 5.20. The number of nitrogens with zero attached hydrogens (tertiary/aromatic N) is 1. The largest absolute Gasteiger partial charge is 0.399 e. The molecule has 1 aromatic rings. The van der Waals surface area contributed by atoms with Crippen molar-refractivity contribution in [2.24, 2.45) is 5.92 Å². The summed E-state index contributed by atoms with van der Waals surface area (Å²) in [6.45, 7) is 2.45. The van der Waals surface area contributed by atoms with Crippen molar-refractivity contribution in [3.63, 3.8) is 0 Å². The predicted molar refractivity (Wildman–Crippen MR) is 78.3 cm³/mol. The number of ether oxygens (including phenoxy) is 1. The topological polar surface area (TPSA) is 55.6 Å². The molecular weight excluding hydrogens is 252 g/mol. The zero-order chi connectivity index (χ0) is 14.2. The molecule has 1 saturated carbocycles. The molecule has 0 radical (unpaired) electrons. The zero-order valence-corrected chi connectivity index (χ0v) is 12.0. The smallest absolute Gasteiger partial charge is 0.233 e. The lowest BCUT2D eigenvalue weighted by molar-refractivity contribution is -0.133. The number of nitrogen functional groups attached to an aromatic ring is 1. The van der Waals surface area contributed by atoms with Gasteiger partial charge in [0.15, 0.2) is 0 Å². The van der Waals surface area contributed by atoms with E-state index < -0.39 is 0 Å². The number of hydrogen-bond donors (Lipinski definition) is 1. The van der Waals surface area contributed by atoms with Gasteiger partial charge in [-0.2, -0.15) is 0 Å². The fourth-order valence-electron chi connectivity index (χ4n) is 3.24. The van der Waals surface area contributed by atoms with Gasteiger partial charge in [0.1, 0.15) is 0 Å². The third kappa shape index (κ3) is 2.29. The van der Waals surface area contributed by atoms with E-state index in [0.29, 0.717) is 11.8 Å². The van der Waals surface area contributed by atoms with E-state index in [1.165, 1.54) is 0 Å². The Balaban J connectivity index is 1.72. The molecule has 3 rings (SSSR count). The second-order valence-electron chi connectivity index (χ2n) is 6.07. The van der Waals surface area contributed by atoms with E-state index in [2.05, 4.69) is 0 Å². The number of hydrogen-bond acceptors (Lipinski definition) is 3. The summed E-state index contributed by atoms with van der Waals surface area (Å²) in [7, 11) is 1.72. The molecule has 20 heavy (non-hydrogen) atoms. The minimum Gasteiger partial charge on any atom is -0.399 e. The van der Waals surface area contributed by atoms with Crippen molar-refractivity contribution < 1.29 is 9.53 Å². The van der Waals surface area contributed by atoms with Gasteiger partial charge in [0, 0.05) is 31.8 Å². The zero-order valence-electron chi connectivity index (χ0n) is 12.0. The van der Waals surface area contributed by atoms with Gasteiger partial charge >= 0.3 is 0 Å². The Hall–Kier alpha value is -1.55. The molecule has 2 N–H and O–H groups in total. The first-order valence-corrected chi connectivity index (χ1v) is 7.30. The fraction of sp³-hybridized carbons (Fsp3) is 0.562. The number of rotatable bonds is 4. The van der Waals surface area contributed by atoms with E-state index in [0.717, 1.165) is 50.2 Å². The summed E-state index contributed by atoms with van der Waals surface area (Å²) in [6, 6.07) is 7.78. The number of carbonyl (C=O) groups is 1. The minimum atomic E-state index is -0.268. The van der Waals surface area contributed by atoms with Crippen LogP contribution < -0.4 is 5.73 Å². The van der Waals surface area contributed by atoms with E-state index in [1.807, 2.05) is 29.2 Å². The first kappa shape index (κ1) is 13.4. The van der Waals surface area contributed by atoms with Gasteiger partial charge in [0.25, 0.3) is 0 Å². The van der Waals surface area contributed by atoms with Crippen molar-refractivity contribution in [2.45, 2.75) is 24.7 Å². The second-order valence-corrected chi connectivity index (χ2v) is 6.07. The summed E-state index contributed by atoms with van der Waals surface area (Å²) in [5, 5.41) is 0. The van der Waals surface area contributed by atoms with E-state index in [4.69, 9.17) is 10.5 Å². The standard InChI is InChI=1S/C16H22N2O2/c1-20-11-12-6-9-18(10-12)15(19)16(7-8-16)13-2-4-14(17)5-3-13/h2-5,12H,6-11,17H2,1H3. The lowest BCUT2D eigenvalue weighted by Crippen LogP contribution is -2.38. The Morgan fingerprint density at radius 1 is 1.40 bits per heavy atom. The molecule has 1 aromatic carbocycles. The fourth-order valence-corrected chi connectivity index (χ4v) is 3.24. The van der Waals surface area contributed by atoms with E-state index in [1.54, 1.807) is 7.11 Å². The minimum absolute atomic E-state index is 0.268. The van der Waals surface area contributed by atoms with Gasteiger partial charge in [-0.3, -0.25) is 4.79 Å². The van der Waals surface area contributed by atoms with Crippen LogP contribution >= 0.6 is 0 Å². The third-order valence-corrected chi connectivity index (χ3v) is 4.60. The van der Waals surface area contributed by atoms with Crippen LogP contribution in [0.15, 0.2) is 24.3 Å². The predicted octanol–water partition coefficient (Wildman–Crippen LogP) is 1.80. The van der Waals surface area contributed by atoms with Crippen molar-refractivity contribution in [2.75, 3.05) is 32.5 Å². The highest BCUT2D eigenvalue weighted by Gasteiger charge is 2.53. The first-order valence-electron chi connectivity index (χ1n) is 7.30. The normalized spacial score (nSPS) is 23.9. The SMILES string of the molecule is COCC1CCN(C(=O)C2(c3ccc(N)cc3)CC2)C1. The average Bonchev–Trinajstić information content (AvgIpc) is 3.13. The van der Waals surface area contributed by atoms with E-state index in [-0.39, 0.29) is 5.41 Å². The highest BCUT2D eigenvalue weighted by molar-refractivity contribution is 5.91. The number of methoxy groups -OCH3 is 1. The number of benzene rings is 1. The molecule has 2 fully saturated rings. The Bertz CT molecular complexity index is 494. The monoisotopic (exact) mass is 274 g/mol. The van der Waals surface area contributed by atoms with Gasteiger partial charge in [-0.05, 0) is 37.0 Å². The van der Waals surface area contributed by atoms with Crippen LogP contribution in [-0.2, 0) is 14.9 Å². The highest BCUT2D eigenvalue weighted by Crippen LogP contribution is 2.50. The van der Waals surface area contributed by atoms with Crippen LogP contribution in [-0.4, -0.2) is 37.6 Å². The molecule has 1 heterocycles. The third-order valence-electron chi connectivity index (χ3n) is 4.60. The van der Waals surface area contributed by atoms with Crippen LogP contribution in [0.5, 0.6) is 0 Å². The molecule has 4 heteroatoms. The molecule has 2 aliphatic rings. The van der Waals surface area contributed by atoms with Crippen molar-refractivity contribution in [1.82, 2.24) is 4.90 Å². The average molecular weight is 274 g/mol. The quantitative estimate of drug-likeness (QED) is 0.852. The number of amides is 1. The summed E-state index contributed by atoms with van der Waals surface area (Å²) in [5.74, 6) is 0.784. The number of anilines is 1. The Kier molecular flexibility index (Phi) is 3.42. The molecule has 1 aliphatic carbocycles. The molecule has 4 nitrogen and oxygen atoms in total. The lowest BCUT2D eigenvalue weighted by atomic mass is 9.94. The maximum atomic E-state index is 12.8. The van der Waals surface area contributed by atoms with Crippen LogP contribution in [0.4, 0.5) is 5.69 Å². The molecule has 1 atom stereocenters.